The van der Waals surface area contributed by atoms with Gasteiger partial charge >= 0.3 is 0 Å². The van der Waals surface area contributed by atoms with Crippen LogP contribution >= 0.6 is 15.9 Å². The number of aromatic amines is 1. The Morgan fingerprint density at radius 1 is 1.47 bits per heavy atom. The lowest BCUT2D eigenvalue weighted by molar-refractivity contribution is 0.0167. The van der Waals surface area contributed by atoms with Crippen LogP contribution in [0.15, 0.2) is 16.9 Å². The van der Waals surface area contributed by atoms with Gasteiger partial charge in [0.25, 0.3) is 0 Å². The minimum atomic E-state index is -0.959. The first-order chi connectivity index (χ1) is 7.06. The van der Waals surface area contributed by atoms with E-state index < -0.39 is 12.2 Å². The highest BCUT2D eigenvalue weighted by Gasteiger charge is 2.19. The number of hydrogen-bond acceptors (Lipinski definition) is 3. The van der Waals surface area contributed by atoms with Gasteiger partial charge in [0.05, 0.1) is 6.10 Å². The molecule has 2 unspecified atom stereocenters. The second-order valence-corrected chi connectivity index (χ2v) is 4.19. The lowest BCUT2D eigenvalue weighted by Crippen LogP contribution is -2.21. The van der Waals surface area contributed by atoms with Crippen molar-refractivity contribution in [3.63, 3.8) is 0 Å². The van der Waals surface area contributed by atoms with Crippen LogP contribution in [0.2, 0.25) is 0 Å². The van der Waals surface area contributed by atoms with Gasteiger partial charge in [-0.05, 0) is 19.4 Å². The van der Waals surface area contributed by atoms with Gasteiger partial charge in [-0.1, -0.05) is 15.9 Å². The van der Waals surface area contributed by atoms with Crippen molar-refractivity contribution in [3.8, 4) is 0 Å². The van der Waals surface area contributed by atoms with Crippen LogP contribution in [0.4, 0.5) is 0 Å². The third-order valence-electron chi connectivity index (χ3n) is 2.25. The molecule has 0 saturated carbocycles. The highest BCUT2D eigenvalue weighted by molar-refractivity contribution is 9.09. The van der Waals surface area contributed by atoms with Gasteiger partial charge in [0.15, 0.2) is 0 Å². The molecule has 0 radical (unpaired) electrons. The van der Waals surface area contributed by atoms with Crippen LogP contribution in [-0.2, 0) is 0 Å². The molecule has 0 bridgehead atoms. The van der Waals surface area contributed by atoms with Gasteiger partial charge in [0.1, 0.15) is 6.10 Å². The molecule has 1 rings (SSSR count). The van der Waals surface area contributed by atoms with Crippen LogP contribution in [0, 0.1) is 6.92 Å². The SMILES string of the molecule is Cc1[nH]c(=O)ccc1C(O)C(O)CCBr. The normalized spacial score (nSPS) is 14.9. The van der Waals surface area contributed by atoms with Crippen molar-refractivity contribution in [1.82, 2.24) is 4.98 Å². The molecule has 0 aromatic carbocycles. The number of alkyl halides is 1. The third kappa shape index (κ3) is 3.15. The molecule has 0 aliphatic carbocycles. The Balaban J connectivity index is 2.90. The van der Waals surface area contributed by atoms with Crippen LogP contribution in [-0.4, -0.2) is 26.6 Å². The zero-order valence-corrected chi connectivity index (χ0v) is 9.99. The fourth-order valence-electron chi connectivity index (χ4n) is 1.39. The minimum Gasteiger partial charge on any atom is -0.390 e. The molecule has 4 nitrogen and oxygen atoms in total. The molecular formula is C10H14BrNO3. The predicted molar refractivity (Wildman–Crippen MR) is 61.2 cm³/mol. The number of aliphatic hydroxyl groups excluding tert-OH is 2. The van der Waals surface area contributed by atoms with Crippen LogP contribution in [0.1, 0.15) is 23.8 Å². The van der Waals surface area contributed by atoms with E-state index in [1.807, 2.05) is 0 Å². The fraction of sp³-hybridized carbons (Fsp3) is 0.500. The first-order valence-electron chi connectivity index (χ1n) is 4.68. The van der Waals surface area contributed by atoms with Crippen molar-refractivity contribution in [2.45, 2.75) is 25.6 Å². The molecule has 0 spiro atoms. The predicted octanol–water partition coefficient (Wildman–Crippen LogP) is 0.863. The smallest absolute Gasteiger partial charge is 0.248 e. The standard InChI is InChI=1S/C10H14BrNO3/c1-6-7(2-3-9(14)12-6)10(15)8(13)4-5-11/h2-3,8,10,13,15H,4-5H2,1H3,(H,12,14). The van der Waals surface area contributed by atoms with E-state index in [1.165, 1.54) is 12.1 Å². The number of H-pyrrole nitrogens is 1. The summed E-state index contributed by atoms with van der Waals surface area (Å²) in [6.07, 6.45) is -1.33. The van der Waals surface area contributed by atoms with Crippen LogP contribution in [0.5, 0.6) is 0 Å². The monoisotopic (exact) mass is 275 g/mol. The van der Waals surface area contributed by atoms with Gasteiger partial charge in [-0.25, -0.2) is 0 Å². The molecule has 1 heterocycles. The molecule has 0 amide bonds. The van der Waals surface area contributed by atoms with Crippen molar-refractivity contribution in [2.24, 2.45) is 0 Å². The largest absolute Gasteiger partial charge is 0.390 e. The number of nitrogens with one attached hydrogen (secondary N) is 1. The Morgan fingerprint density at radius 2 is 2.13 bits per heavy atom. The van der Waals surface area contributed by atoms with Crippen LogP contribution in [0.25, 0.3) is 0 Å². The van der Waals surface area contributed by atoms with Crippen molar-refractivity contribution < 1.29 is 10.2 Å². The number of hydrogen-bond donors (Lipinski definition) is 3. The summed E-state index contributed by atoms with van der Waals surface area (Å²) in [5.74, 6) is 0. The molecule has 0 fully saturated rings. The summed E-state index contributed by atoms with van der Waals surface area (Å²) in [6.45, 7) is 1.70. The maximum atomic E-state index is 11.0. The maximum Gasteiger partial charge on any atom is 0.248 e. The van der Waals surface area contributed by atoms with Crippen molar-refractivity contribution >= 4 is 15.9 Å². The Morgan fingerprint density at radius 3 is 2.67 bits per heavy atom. The van der Waals surface area contributed by atoms with Crippen LogP contribution in [0.3, 0.4) is 0 Å². The van der Waals surface area contributed by atoms with E-state index in [4.69, 9.17) is 0 Å². The van der Waals surface area contributed by atoms with Gasteiger partial charge < -0.3 is 15.2 Å². The van der Waals surface area contributed by atoms with Crippen molar-refractivity contribution in [1.29, 1.82) is 0 Å². The Bertz CT molecular complexity index is 377. The average Bonchev–Trinajstić information content (AvgIpc) is 2.17. The maximum absolute atomic E-state index is 11.0. The lowest BCUT2D eigenvalue weighted by atomic mass is 10.0. The van der Waals surface area contributed by atoms with E-state index in [0.29, 0.717) is 23.0 Å². The van der Waals surface area contributed by atoms with Gasteiger partial charge in [-0.3, -0.25) is 4.79 Å². The van der Waals surface area contributed by atoms with Crippen molar-refractivity contribution in [3.05, 3.63) is 33.7 Å². The summed E-state index contributed by atoms with van der Waals surface area (Å²) >= 11 is 3.19. The van der Waals surface area contributed by atoms with Gasteiger partial charge in [0.2, 0.25) is 5.56 Å². The summed E-state index contributed by atoms with van der Waals surface area (Å²) in [5, 5.41) is 20.0. The van der Waals surface area contributed by atoms with Gasteiger partial charge in [-0.15, -0.1) is 0 Å². The summed E-state index contributed by atoms with van der Waals surface area (Å²) < 4.78 is 0. The molecule has 84 valence electrons. The molecular weight excluding hydrogens is 262 g/mol. The molecule has 15 heavy (non-hydrogen) atoms. The van der Waals surface area contributed by atoms with Gasteiger partial charge in [-0.2, -0.15) is 0 Å². The second kappa shape index (κ2) is 5.44. The summed E-state index contributed by atoms with van der Waals surface area (Å²) in [6, 6.07) is 2.88. The Hall–Kier alpha value is -0.650. The number of pyridine rings is 1. The van der Waals surface area contributed by atoms with E-state index in [9.17, 15) is 15.0 Å². The zero-order valence-electron chi connectivity index (χ0n) is 8.40. The molecule has 0 saturated heterocycles. The summed E-state index contributed by atoms with van der Waals surface area (Å²) in [7, 11) is 0. The Kier molecular flexibility index (Phi) is 4.50. The Labute approximate surface area is 96.1 Å². The second-order valence-electron chi connectivity index (χ2n) is 3.39. The molecule has 0 aliphatic rings. The summed E-state index contributed by atoms with van der Waals surface area (Å²) in [4.78, 5) is 13.5. The average molecular weight is 276 g/mol. The molecule has 0 aliphatic heterocycles. The first-order valence-corrected chi connectivity index (χ1v) is 5.80. The van der Waals surface area contributed by atoms with E-state index in [-0.39, 0.29) is 5.56 Å². The minimum absolute atomic E-state index is 0.210. The van der Waals surface area contributed by atoms with E-state index in [2.05, 4.69) is 20.9 Å². The first kappa shape index (κ1) is 12.4. The lowest BCUT2D eigenvalue weighted by Gasteiger charge is -2.18. The molecule has 1 aromatic heterocycles. The number of aromatic nitrogens is 1. The summed E-state index contributed by atoms with van der Waals surface area (Å²) in [5.41, 5.74) is 0.935. The number of aryl methyl sites for hydroxylation is 1. The van der Waals surface area contributed by atoms with Crippen molar-refractivity contribution in [2.75, 3.05) is 5.33 Å². The topological polar surface area (TPSA) is 73.3 Å². The quantitative estimate of drug-likeness (QED) is 0.714. The fourth-order valence-corrected chi connectivity index (χ4v) is 1.86. The van der Waals surface area contributed by atoms with E-state index >= 15 is 0 Å². The number of aliphatic hydroxyl groups is 2. The molecule has 1 aromatic rings. The number of halogens is 1. The van der Waals surface area contributed by atoms with Gasteiger partial charge in [0, 0.05) is 22.7 Å². The van der Waals surface area contributed by atoms with E-state index in [1.54, 1.807) is 6.92 Å². The molecule has 2 atom stereocenters. The number of rotatable bonds is 4. The third-order valence-corrected chi connectivity index (χ3v) is 2.70. The molecule has 3 N–H and O–H groups in total. The highest BCUT2D eigenvalue weighted by Crippen LogP contribution is 2.20. The highest BCUT2D eigenvalue weighted by atomic mass is 79.9. The van der Waals surface area contributed by atoms with Crippen LogP contribution < -0.4 is 5.56 Å². The van der Waals surface area contributed by atoms with E-state index in [0.717, 1.165) is 0 Å². The zero-order chi connectivity index (χ0) is 11.4. The molecule has 5 heteroatoms.